The first-order valence-electron chi connectivity index (χ1n) is 6.86. The van der Waals surface area contributed by atoms with Crippen molar-refractivity contribution in [2.45, 2.75) is 44.8 Å². The van der Waals surface area contributed by atoms with E-state index in [4.69, 9.17) is 16.1 Å². The average Bonchev–Trinajstić information content (AvgIpc) is 2.96. The SMILES string of the molecule is [B]=[P+]([O-])SOC1CCC(n2cnc(C(=O)OCC)c2)CC1. The van der Waals surface area contributed by atoms with Crippen molar-refractivity contribution in [1.29, 1.82) is 0 Å². The van der Waals surface area contributed by atoms with Crippen LogP contribution in [0.15, 0.2) is 12.5 Å². The van der Waals surface area contributed by atoms with Gasteiger partial charge in [0.1, 0.15) is 0 Å². The Labute approximate surface area is 130 Å². The molecule has 1 fully saturated rings. The van der Waals surface area contributed by atoms with Gasteiger partial charge in [0.15, 0.2) is 0 Å². The molecule has 1 aliphatic carbocycles. The quantitative estimate of drug-likeness (QED) is 0.344. The van der Waals surface area contributed by atoms with E-state index in [0.29, 0.717) is 18.3 Å². The van der Waals surface area contributed by atoms with Crippen LogP contribution in [0, 0.1) is 0 Å². The van der Waals surface area contributed by atoms with Crippen molar-refractivity contribution in [2.24, 2.45) is 0 Å². The van der Waals surface area contributed by atoms with Crippen LogP contribution in [0.2, 0.25) is 0 Å². The molecule has 0 aliphatic heterocycles. The molecule has 1 heterocycles. The van der Waals surface area contributed by atoms with E-state index in [2.05, 4.69) is 4.98 Å². The van der Waals surface area contributed by atoms with Gasteiger partial charge in [-0.2, -0.15) is 0 Å². The summed E-state index contributed by atoms with van der Waals surface area (Å²) >= 11 is 0.855. The van der Waals surface area contributed by atoms with Crippen LogP contribution in [-0.2, 0) is 8.92 Å². The summed E-state index contributed by atoms with van der Waals surface area (Å²) in [7, 11) is 5.17. The van der Waals surface area contributed by atoms with Gasteiger partial charge in [0.05, 0.1) is 6.61 Å². The van der Waals surface area contributed by atoms with Crippen LogP contribution in [0.4, 0.5) is 0 Å². The van der Waals surface area contributed by atoms with E-state index < -0.39 is 12.8 Å². The third-order valence-corrected chi connectivity index (χ3v) is 4.61. The van der Waals surface area contributed by atoms with Gasteiger partial charge in [0.2, 0.25) is 0 Å². The van der Waals surface area contributed by atoms with Crippen molar-refractivity contribution in [3.8, 4) is 0 Å². The fourth-order valence-corrected chi connectivity index (χ4v) is 3.41. The molecule has 6 nitrogen and oxygen atoms in total. The molecule has 1 unspecified atom stereocenters. The standard InChI is InChI=1S/C12H17BN2O4PS/c1-2-18-12(16)11-7-15(8-14-11)9-3-5-10(6-4-9)19-21-20(13)17/h7-10H,2-6H2,1H3. The van der Waals surface area contributed by atoms with Gasteiger partial charge in [-0.25, -0.2) is 0 Å². The van der Waals surface area contributed by atoms with E-state index >= 15 is 0 Å². The Morgan fingerprint density at radius 2 is 2.29 bits per heavy atom. The number of imidazole rings is 1. The summed E-state index contributed by atoms with van der Waals surface area (Å²) in [4.78, 5) is 26.5. The molecule has 1 aromatic rings. The summed E-state index contributed by atoms with van der Waals surface area (Å²) in [6.07, 6.45) is 7.07. The number of rotatable bonds is 6. The van der Waals surface area contributed by atoms with E-state index in [9.17, 15) is 9.69 Å². The van der Waals surface area contributed by atoms with Crippen molar-refractivity contribution in [3.63, 3.8) is 0 Å². The number of hydrogen-bond donors (Lipinski definition) is 0. The number of ether oxygens (including phenoxy) is 1. The Morgan fingerprint density at radius 3 is 2.90 bits per heavy atom. The molecule has 0 aromatic carbocycles. The zero-order chi connectivity index (χ0) is 15.2. The van der Waals surface area contributed by atoms with E-state index in [1.165, 1.54) is 0 Å². The van der Waals surface area contributed by atoms with Gasteiger partial charge in [-0.3, -0.25) is 0 Å². The van der Waals surface area contributed by atoms with Crippen LogP contribution < -0.4 is 4.89 Å². The summed E-state index contributed by atoms with van der Waals surface area (Å²) in [6, 6.07) is 0.303. The maximum absolute atomic E-state index is 11.6. The predicted octanol–water partition coefficient (Wildman–Crippen LogP) is 1.96. The van der Waals surface area contributed by atoms with Gasteiger partial charge >= 0.3 is 116 Å². The number of aromatic nitrogens is 2. The first-order valence-corrected chi connectivity index (χ1v) is 9.53. The zero-order valence-electron chi connectivity index (χ0n) is 11.8. The second kappa shape index (κ2) is 8.08. The van der Waals surface area contributed by atoms with Crippen molar-refractivity contribution >= 4 is 31.7 Å². The van der Waals surface area contributed by atoms with Crippen molar-refractivity contribution in [2.75, 3.05) is 6.61 Å². The van der Waals surface area contributed by atoms with Crippen molar-refractivity contribution in [1.82, 2.24) is 9.55 Å². The van der Waals surface area contributed by atoms with Crippen molar-refractivity contribution in [3.05, 3.63) is 18.2 Å². The second-order valence-electron chi connectivity index (χ2n) is 4.81. The normalized spacial score (nSPS) is 22.8. The minimum atomic E-state index is -1.81. The Morgan fingerprint density at radius 1 is 1.57 bits per heavy atom. The maximum atomic E-state index is 11.6. The van der Waals surface area contributed by atoms with E-state index in [1.54, 1.807) is 19.4 Å². The minimum absolute atomic E-state index is 0.0850. The first-order chi connectivity index (χ1) is 10.1. The summed E-state index contributed by atoms with van der Waals surface area (Å²) in [5, 5.41) is 0. The molecule has 0 N–H and O–H groups in total. The number of carbonyl (C=O) groups excluding carboxylic acids is 1. The number of carbonyl (C=O) groups is 1. The van der Waals surface area contributed by atoms with Crippen LogP contribution in [0.3, 0.4) is 0 Å². The molecule has 2 rings (SSSR count). The molecule has 0 amide bonds. The fraction of sp³-hybridized carbons (Fsp3) is 0.667. The Hall–Kier alpha value is -0.685. The monoisotopic (exact) mass is 327 g/mol. The Bertz CT molecular complexity index is 505. The summed E-state index contributed by atoms with van der Waals surface area (Å²) < 4.78 is 12.3. The molecule has 21 heavy (non-hydrogen) atoms. The number of hydrogen-bond acceptors (Lipinski definition) is 6. The summed E-state index contributed by atoms with van der Waals surface area (Å²) in [5.41, 5.74) is 0.339. The molecule has 0 bridgehead atoms. The van der Waals surface area contributed by atoms with Gasteiger partial charge in [-0.1, -0.05) is 0 Å². The fourth-order valence-electron chi connectivity index (χ4n) is 2.39. The third-order valence-electron chi connectivity index (χ3n) is 3.40. The molecular formula is C12H17BN2O4PS. The molecule has 1 radical (unpaired) electrons. The first kappa shape index (κ1) is 16.7. The van der Waals surface area contributed by atoms with Crippen LogP contribution in [-0.4, -0.2) is 35.4 Å². The number of esters is 1. The zero-order valence-corrected chi connectivity index (χ0v) is 13.5. The molecular weight excluding hydrogens is 310 g/mol. The van der Waals surface area contributed by atoms with E-state index in [1.807, 2.05) is 4.57 Å². The molecule has 0 spiro atoms. The Balaban J connectivity index is 1.85. The van der Waals surface area contributed by atoms with Gasteiger partial charge in [-0.15, -0.1) is 0 Å². The van der Waals surface area contributed by atoms with E-state index in [0.717, 1.165) is 37.3 Å². The van der Waals surface area contributed by atoms with Gasteiger partial charge < -0.3 is 0 Å². The van der Waals surface area contributed by atoms with E-state index in [-0.39, 0.29) is 6.10 Å². The second-order valence-corrected chi connectivity index (χ2v) is 7.25. The summed E-state index contributed by atoms with van der Waals surface area (Å²) in [5.74, 6) is -0.392. The van der Waals surface area contributed by atoms with Gasteiger partial charge in [-0.05, 0) is 6.92 Å². The van der Waals surface area contributed by atoms with Gasteiger partial charge in [0, 0.05) is 0 Å². The molecule has 1 atom stereocenters. The van der Waals surface area contributed by atoms with Crippen LogP contribution in [0.25, 0.3) is 0 Å². The summed E-state index contributed by atoms with van der Waals surface area (Å²) in [6.45, 7) is 0.300. The Kier molecular flexibility index (Phi) is 6.42. The van der Waals surface area contributed by atoms with Crippen LogP contribution in [0.1, 0.15) is 49.1 Å². The topological polar surface area (TPSA) is 76.4 Å². The average molecular weight is 327 g/mol. The van der Waals surface area contributed by atoms with Crippen LogP contribution in [0.5, 0.6) is 0 Å². The molecule has 0 saturated heterocycles. The molecule has 1 saturated carbocycles. The number of nitrogens with zero attached hydrogens (tertiary/aromatic N) is 2. The predicted molar refractivity (Wildman–Crippen MR) is 80.8 cm³/mol. The molecule has 9 heteroatoms. The van der Waals surface area contributed by atoms with Gasteiger partial charge in [0.25, 0.3) is 0 Å². The molecule has 113 valence electrons. The van der Waals surface area contributed by atoms with Crippen LogP contribution >= 0.6 is 18.5 Å². The third kappa shape index (κ3) is 4.92. The molecule has 1 aliphatic rings. The van der Waals surface area contributed by atoms with Crippen molar-refractivity contribution < 1.29 is 18.6 Å². The molecule has 1 aromatic heterocycles.